The third-order valence-corrected chi connectivity index (χ3v) is 10.9. The number of rotatable bonds is 4. The summed E-state index contributed by atoms with van der Waals surface area (Å²) in [6, 6.07) is 2.00. The second kappa shape index (κ2) is 9.73. The van der Waals surface area contributed by atoms with E-state index in [9.17, 15) is 19.2 Å². The molecule has 1 saturated heterocycles. The summed E-state index contributed by atoms with van der Waals surface area (Å²) in [5.41, 5.74) is -0.890. The van der Waals surface area contributed by atoms with E-state index in [1.807, 2.05) is 13.0 Å². The van der Waals surface area contributed by atoms with Gasteiger partial charge < -0.3 is 23.4 Å². The van der Waals surface area contributed by atoms with E-state index < -0.39 is 64.5 Å². The van der Waals surface area contributed by atoms with E-state index >= 15 is 0 Å². The van der Waals surface area contributed by atoms with Gasteiger partial charge in [-0.1, -0.05) is 32.4 Å². The van der Waals surface area contributed by atoms with Gasteiger partial charge in [-0.05, 0) is 62.0 Å². The molecular weight excluding hydrogens is 528 g/mol. The Hall–Kier alpha value is -3.10. The van der Waals surface area contributed by atoms with Crippen molar-refractivity contribution in [1.29, 1.82) is 0 Å². The van der Waals surface area contributed by atoms with E-state index in [0.717, 1.165) is 24.0 Å². The standard InChI is InChI=1S/C32H42O9/c1-17(33)38-24-15-25(36)41-29(4,5)27-26(39-18(2)34)28(40-19(3)35)31(7)22-10-9-21(20-12-14-37-16-20)30(22,6)13-11-23(31)32(24,27)8/h10,12,14,16,21,23-24,26-28H,9,11,13,15H2,1-8H3/t21-,23-,24-,26+,27-,28+,30-,31-,32-/m0/s1. The smallest absolute Gasteiger partial charge is 0.310 e. The van der Waals surface area contributed by atoms with Gasteiger partial charge in [0.25, 0.3) is 0 Å². The average Bonchev–Trinajstić information content (AvgIpc) is 3.46. The minimum absolute atomic E-state index is 0.123. The van der Waals surface area contributed by atoms with Crippen molar-refractivity contribution in [3.63, 3.8) is 0 Å². The van der Waals surface area contributed by atoms with Crippen molar-refractivity contribution >= 4 is 23.9 Å². The molecule has 2 heterocycles. The fraction of sp³-hybridized carbons (Fsp3) is 0.688. The highest BCUT2D eigenvalue weighted by molar-refractivity contribution is 5.73. The molecule has 41 heavy (non-hydrogen) atoms. The van der Waals surface area contributed by atoms with Gasteiger partial charge in [0.1, 0.15) is 23.9 Å². The SMILES string of the molecule is CC(=O)O[C@H]1[C@@H](OC(C)=O)[C@@]2(C)C3=CC[C@@H](c4ccoc4)[C@]3(C)CC[C@@H]2[C@@]2(C)[C@@H](OC(C)=O)CC(=O)OC(C)(C)[C@H]12. The Morgan fingerprint density at radius 2 is 1.61 bits per heavy atom. The van der Waals surface area contributed by atoms with Crippen molar-refractivity contribution in [3.05, 3.63) is 35.8 Å². The van der Waals surface area contributed by atoms with Gasteiger partial charge in [0.15, 0.2) is 0 Å². The van der Waals surface area contributed by atoms with Crippen molar-refractivity contribution in [3.8, 4) is 0 Å². The summed E-state index contributed by atoms with van der Waals surface area (Å²) in [7, 11) is 0. The van der Waals surface area contributed by atoms with Crippen molar-refractivity contribution in [1.82, 2.24) is 0 Å². The fourth-order valence-corrected chi connectivity index (χ4v) is 9.76. The van der Waals surface area contributed by atoms with Gasteiger partial charge in [-0.3, -0.25) is 19.2 Å². The number of ether oxygens (including phenoxy) is 4. The molecule has 0 aromatic carbocycles. The fourth-order valence-electron chi connectivity index (χ4n) is 9.76. The quantitative estimate of drug-likeness (QED) is 0.271. The van der Waals surface area contributed by atoms with Crippen LogP contribution in [0.4, 0.5) is 0 Å². The number of fused-ring (bicyclic) bond motifs is 5. The zero-order chi connectivity index (χ0) is 30.1. The number of hydrogen-bond donors (Lipinski definition) is 0. The third kappa shape index (κ3) is 4.33. The first kappa shape index (κ1) is 29.4. The van der Waals surface area contributed by atoms with E-state index in [-0.39, 0.29) is 23.7 Å². The largest absolute Gasteiger partial charge is 0.472 e. The van der Waals surface area contributed by atoms with E-state index in [1.165, 1.54) is 20.8 Å². The third-order valence-electron chi connectivity index (χ3n) is 10.9. The van der Waals surface area contributed by atoms with Crippen molar-refractivity contribution in [2.45, 2.75) is 111 Å². The molecule has 0 amide bonds. The Balaban J connectivity index is 1.77. The molecule has 0 unspecified atom stereocenters. The first-order valence-electron chi connectivity index (χ1n) is 14.5. The molecule has 1 aliphatic heterocycles. The molecule has 5 rings (SSSR count). The first-order valence-corrected chi connectivity index (χ1v) is 14.5. The Labute approximate surface area is 241 Å². The lowest BCUT2D eigenvalue weighted by Crippen LogP contribution is -2.72. The van der Waals surface area contributed by atoms with Gasteiger partial charge in [0.2, 0.25) is 0 Å². The number of hydrogen-bond acceptors (Lipinski definition) is 9. The van der Waals surface area contributed by atoms with E-state index in [4.69, 9.17) is 23.4 Å². The summed E-state index contributed by atoms with van der Waals surface area (Å²) in [5, 5.41) is 0. The molecule has 0 radical (unpaired) electrons. The maximum atomic E-state index is 13.2. The lowest BCUT2D eigenvalue weighted by Gasteiger charge is -2.67. The van der Waals surface area contributed by atoms with E-state index in [1.54, 1.807) is 26.4 Å². The molecule has 224 valence electrons. The Morgan fingerprint density at radius 1 is 0.951 bits per heavy atom. The molecule has 4 aliphatic rings. The van der Waals surface area contributed by atoms with Crippen LogP contribution in [-0.2, 0) is 38.1 Å². The van der Waals surface area contributed by atoms with Crippen LogP contribution >= 0.6 is 0 Å². The summed E-state index contributed by atoms with van der Waals surface area (Å²) >= 11 is 0. The van der Waals surface area contributed by atoms with Crippen LogP contribution in [0, 0.1) is 28.1 Å². The topological polar surface area (TPSA) is 118 Å². The van der Waals surface area contributed by atoms with Gasteiger partial charge in [-0.2, -0.15) is 0 Å². The molecule has 1 aromatic rings. The minimum Gasteiger partial charge on any atom is -0.472 e. The number of cyclic esters (lactones) is 1. The molecule has 9 heteroatoms. The van der Waals surface area contributed by atoms with Gasteiger partial charge in [-0.15, -0.1) is 0 Å². The van der Waals surface area contributed by atoms with Crippen LogP contribution in [0.1, 0.15) is 92.6 Å². The summed E-state index contributed by atoms with van der Waals surface area (Å²) in [4.78, 5) is 51.2. The van der Waals surface area contributed by atoms with Crippen molar-refractivity contribution in [2.24, 2.45) is 28.1 Å². The highest BCUT2D eigenvalue weighted by atomic mass is 16.6. The maximum Gasteiger partial charge on any atom is 0.310 e. The van der Waals surface area contributed by atoms with E-state index in [0.29, 0.717) is 6.42 Å². The van der Waals surface area contributed by atoms with Crippen molar-refractivity contribution < 1.29 is 42.5 Å². The molecule has 9 nitrogen and oxygen atoms in total. The summed E-state index contributed by atoms with van der Waals surface area (Å²) in [6.07, 6.45) is 5.23. The number of carbonyl (C=O) groups excluding carboxylic acids is 4. The average molecular weight is 571 g/mol. The molecule has 0 bridgehead atoms. The Kier molecular flexibility index (Phi) is 6.98. The normalized spacial score (nSPS) is 41.0. The Morgan fingerprint density at radius 3 is 2.20 bits per heavy atom. The van der Waals surface area contributed by atoms with Gasteiger partial charge >= 0.3 is 23.9 Å². The van der Waals surface area contributed by atoms with Crippen LogP contribution in [0.2, 0.25) is 0 Å². The number of furan rings is 1. The molecule has 3 aliphatic carbocycles. The highest BCUT2D eigenvalue weighted by Gasteiger charge is 2.75. The van der Waals surface area contributed by atoms with Crippen molar-refractivity contribution in [2.75, 3.05) is 0 Å². The van der Waals surface area contributed by atoms with E-state index in [2.05, 4.69) is 19.9 Å². The van der Waals surface area contributed by atoms with Crippen LogP contribution < -0.4 is 0 Å². The monoisotopic (exact) mass is 570 g/mol. The van der Waals surface area contributed by atoms with Gasteiger partial charge in [0.05, 0.1) is 18.9 Å². The molecule has 0 N–H and O–H groups in total. The molecule has 3 fully saturated rings. The lowest BCUT2D eigenvalue weighted by atomic mass is 9.39. The summed E-state index contributed by atoms with van der Waals surface area (Å²) in [6.45, 7) is 14.0. The summed E-state index contributed by atoms with van der Waals surface area (Å²) < 4.78 is 29.8. The zero-order valence-electron chi connectivity index (χ0n) is 25.3. The molecular formula is C32H42O9. The summed E-state index contributed by atoms with van der Waals surface area (Å²) in [5.74, 6) is -2.73. The lowest BCUT2D eigenvalue weighted by molar-refractivity contribution is -0.270. The molecule has 1 aromatic heterocycles. The Bertz CT molecular complexity index is 1280. The maximum absolute atomic E-state index is 13.2. The molecule has 0 spiro atoms. The zero-order valence-corrected chi connectivity index (χ0v) is 25.3. The van der Waals surface area contributed by atoms with Gasteiger partial charge in [-0.25, -0.2) is 0 Å². The molecule has 9 atom stereocenters. The predicted octanol–water partition coefficient (Wildman–Crippen LogP) is 5.27. The van der Waals surface area contributed by atoms with Crippen LogP contribution in [0.5, 0.6) is 0 Å². The molecule has 2 saturated carbocycles. The highest BCUT2D eigenvalue weighted by Crippen LogP contribution is 2.73. The van der Waals surface area contributed by atoms with Crippen LogP contribution in [0.3, 0.4) is 0 Å². The minimum atomic E-state index is -1.13. The second-order valence-electron chi connectivity index (χ2n) is 13.6. The predicted molar refractivity (Wildman–Crippen MR) is 146 cm³/mol. The van der Waals surface area contributed by atoms with Crippen LogP contribution in [-0.4, -0.2) is 47.8 Å². The number of carbonyl (C=O) groups is 4. The number of esters is 4. The number of allylic oxidation sites excluding steroid dienone is 1. The van der Waals surface area contributed by atoms with Crippen LogP contribution in [0.25, 0.3) is 0 Å². The second-order valence-corrected chi connectivity index (χ2v) is 13.6. The van der Waals surface area contributed by atoms with Gasteiger partial charge in [0, 0.05) is 37.5 Å². The first-order chi connectivity index (χ1) is 19.1. The van der Waals surface area contributed by atoms with Crippen LogP contribution in [0.15, 0.2) is 34.7 Å².